The molecular formula is C24H30N2O3. The molecule has 4 fully saturated rings. The molecule has 0 spiro atoms. The zero-order valence-electron chi connectivity index (χ0n) is 16.9. The third-order valence-corrected chi connectivity index (χ3v) is 7.41. The van der Waals surface area contributed by atoms with E-state index < -0.39 is 0 Å². The van der Waals surface area contributed by atoms with E-state index in [4.69, 9.17) is 4.74 Å². The molecule has 0 radical (unpaired) electrons. The second-order valence-corrected chi connectivity index (χ2v) is 9.15. The fourth-order valence-electron chi connectivity index (χ4n) is 6.09. The van der Waals surface area contributed by atoms with Gasteiger partial charge in [0.15, 0.2) is 0 Å². The molecule has 0 saturated carbocycles. The molecule has 5 heteroatoms. The normalized spacial score (nSPS) is 34.6. The molecule has 4 aliphatic heterocycles. The van der Waals surface area contributed by atoms with Crippen molar-refractivity contribution in [1.29, 1.82) is 0 Å². The molecule has 4 aliphatic rings. The summed E-state index contributed by atoms with van der Waals surface area (Å²) in [6, 6.07) is 10.7. The summed E-state index contributed by atoms with van der Waals surface area (Å²) >= 11 is 0. The van der Waals surface area contributed by atoms with Gasteiger partial charge in [0, 0.05) is 50.6 Å². The Kier molecular flexibility index (Phi) is 5.17. The van der Waals surface area contributed by atoms with Crippen LogP contribution in [0.15, 0.2) is 36.4 Å². The number of fused-ring (bicyclic) bond motifs is 6. The van der Waals surface area contributed by atoms with Crippen molar-refractivity contribution in [2.24, 2.45) is 11.8 Å². The minimum Gasteiger partial charge on any atom is -0.459 e. The lowest BCUT2D eigenvalue weighted by molar-refractivity contribution is -0.155. The van der Waals surface area contributed by atoms with Crippen LogP contribution in [0, 0.1) is 11.8 Å². The Morgan fingerprint density at radius 1 is 1.03 bits per heavy atom. The summed E-state index contributed by atoms with van der Waals surface area (Å²) in [6.45, 7) is 3.00. The molecule has 5 rings (SSSR count). The second kappa shape index (κ2) is 7.94. The van der Waals surface area contributed by atoms with Crippen LogP contribution < -0.4 is 0 Å². The first-order valence-corrected chi connectivity index (χ1v) is 11.1. The Balaban J connectivity index is 1.21. The van der Waals surface area contributed by atoms with Crippen molar-refractivity contribution >= 4 is 18.0 Å². The van der Waals surface area contributed by atoms with Crippen LogP contribution in [0.4, 0.5) is 0 Å². The summed E-state index contributed by atoms with van der Waals surface area (Å²) in [5.41, 5.74) is 1.00. The van der Waals surface area contributed by atoms with Crippen molar-refractivity contribution in [3.63, 3.8) is 0 Å². The zero-order chi connectivity index (χ0) is 19.8. The van der Waals surface area contributed by atoms with Crippen LogP contribution in [-0.4, -0.2) is 59.5 Å². The Morgan fingerprint density at radius 3 is 2.72 bits per heavy atom. The highest BCUT2D eigenvalue weighted by Gasteiger charge is 2.49. The van der Waals surface area contributed by atoms with E-state index in [1.54, 1.807) is 0 Å². The van der Waals surface area contributed by atoms with Crippen molar-refractivity contribution in [2.45, 2.75) is 56.7 Å². The number of carbonyl (C=O) groups excluding carboxylic acids is 2. The molecule has 154 valence electrons. The van der Waals surface area contributed by atoms with Gasteiger partial charge < -0.3 is 9.64 Å². The predicted octanol–water partition coefficient (Wildman–Crippen LogP) is 3.11. The lowest BCUT2D eigenvalue weighted by Gasteiger charge is -2.57. The molecule has 5 nitrogen and oxygen atoms in total. The number of amides is 1. The van der Waals surface area contributed by atoms with Gasteiger partial charge >= 0.3 is 5.97 Å². The van der Waals surface area contributed by atoms with E-state index >= 15 is 0 Å². The average Bonchev–Trinajstić information content (AvgIpc) is 2.74. The van der Waals surface area contributed by atoms with Crippen LogP contribution in [0.1, 0.15) is 44.1 Å². The van der Waals surface area contributed by atoms with Gasteiger partial charge in [-0.1, -0.05) is 30.3 Å². The van der Waals surface area contributed by atoms with Crippen LogP contribution in [-0.2, 0) is 14.3 Å². The quantitative estimate of drug-likeness (QED) is 0.584. The summed E-state index contributed by atoms with van der Waals surface area (Å²) in [6.07, 6.45) is 9.32. The highest BCUT2D eigenvalue weighted by molar-refractivity contribution is 5.87. The average molecular weight is 395 g/mol. The molecule has 0 aromatic heterocycles. The highest BCUT2D eigenvalue weighted by Crippen LogP contribution is 2.43. The molecule has 1 amide bonds. The maximum atomic E-state index is 12.5. The first-order valence-electron chi connectivity index (χ1n) is 11.1. The Bertz CT molecular complexity index is 793. The minimum atomic E-state index is -0.254. The van der Waals surface area contributed by atoms with Gasteiger partial charge in [0.1, 0.15) is 6.10 Å². The van der Waals surface area contributed by atoms with Crippen molar-refractivity contribution < 1.29 is 14.3 Å². The lowest BCUT2D eigenvalue weighted by atomic mass is 9.70. The molecule has 1 aromatic carbocycles. The number of piperidine rings is 4. The summed E-state index contributed by atoms with van der Waals surface area (Å²) in [5, 5.41) is 0. The Morgan fingerprint density at radius 2 is 1.86 bits per heavy atom. The SMILES string of the molecule is O=C(/C=C\c1ccccc1)O[C@H]1CCN2CC3CC(CN4C(=O)CCCC34)C2C1. The molecule has 0 N–H and O–H groups in total. The van der Waals surface area contributed by atoms with Crippen LogP contribution >= 0.6 is 0 Å². The number of ether oxygens (including phenoxy) is 1. The molecule has 0 aliphatic carbocycles. The topological polar surface area (TPSA) is 49.9 Å². The van der Waals surface area contributed by atoms with Gasteiger partial charge in [-0.05, 0) is 49.2 Å². The smallest absolute Gasteiger partial charge is 0.331 e. The Labute approximate surface area is 172 Å². The number of benzene rings is 1. The second-order valence-electron chi connectivity index (χ2n) is 9.15. The van der Waals surface area contributed by atoms with E-state index in [-0.39, 0.29) is 12.1 Å². The maximum Gasteiger partial charge on any atom is 0.331 e. The van der Waals surface area contributed by atoms with Gasteiger partial charge in [-0.25, -0.2) is 4.79 Å². The molecule has 4 heterocycles. The third kappa shape index (κ3) is 3.85. The number of esters is 1. The highest BCUT2D eigenvalue weighted by atomic mass is 16.5. The van der Waals surface area contributed by atoms with Crippen LogP contribution in [0.3, 0.4) is 0 Å². The van der Waals surface area contributed by atoms with Gasteiger partial charge in [0.25, 0.3) is 0 Å². The van der Waals surface area contributed by atoms with Gasteiger partial charge in [-0.2, -0.15) is 0 Å². The van der Waals surface area contributed by atoms with Crippen LogP contribution in [0.5, 0.6) is 0 Å². The van der Waals surface area contributed by atoms with Gasteiger partial charge in [0.2, 0.25) is 5.91 Å². The third-order valence-electron chi connectivity index (χ3n) is 7.41. The Hall–Kier alpha value is -2.14. The summed E-state index contributed by atoms with van der Waals surface area (Å²) in [4.78, 5) is 29.6. The molecule has 4 unspecified atom stereocenters. The number of hydrogen-bond acceptors (Lipinski definition) is 4. The van der Waals surface area contributed by atoms with Crippen molar-refractivity contribution in [3.05, 3.63) is 42.0 Å². The van der Waals surface area contributed by atoms with Crippen molar-refractivity contribution in [1.82, 2.24) is 9.80 Å². The molecule has 29 heavy (non-hydrogen) atoms. The van der Waals surface area contributed by atoms with Crippen LogP contribution in [0.2, 0.25) is 0 Å². The minimum absolute atomic E-state index is 0.0181. The molecule has 5 atom stereocenters. The van der Waals surface area contributed by atoms with E-state index in [1.165, 1.54) is 18.9 Å². The molecule has 4 saturated heterocycles. The number of rotatable bonds is 3. The summed E-state index contributed by atoms with van der Waals surface area (Å²) in [7, 11) is 0. The summed E-state index contributed by atoms with van der Waals surface area (Å²) < 4.78 is 5.79. The number of nitrogens with zero attached hydrogens (tertiary/aromatic N) is 2. The molecule has 1 aromatic rings. The fraction of sp³-hybridized carbons (Fsp3) is 0.583. The van der Waals surface area contributed by atoms with E-state index in [0.29, 0.717) is 29.8 Å². The zero-order valence-corrected chi connectivity index (χ0v) is 16.9. The number of hydrogen-bond donors (Lipinski definition) is 0. The first kappa shape index (κ1) is 18.9. The van der Waals surface area contributed by atoms with Crippen molar-refractivity contribution in [2.75, 3.05) is 19.6 Å². The summed E-state index contributed by atoms with van der Waals surface area (Å²) in [5.74, 6) is 1.25. The number of carbonyl (C=O) groups is 2. The molecular weight excluding hydrogens is 364 g/mol. The van der Waals surface area contributed by atoms with Crippen LogP contribution in [0.25, 0.3) is 6.08 Å². The van der Waals surface area contributed by atoms with Crippen molar-refractivity contribution in [3.8, 4) is 0 Å². The van der Waals surface area contributed by atoms with Gasteiger partial charge in [-0.3, -0.25) is 9.69 Å². The predicted molar refractivity (Wildman–Crippen MR) is 111 cm³/mol. The first-order chi connectivity index (χ1) is 14.2. The van der Waals surface area contributed by atoms with E-state index in [0.717, 1.165) is 50.9 Å². The van der Waals surface area contributed by atoms with E-state index in [9.17, 15) is 9.59 Å². The van der Waals surface area contributed by atoms with Gasteiger partial charge in [-0.15, -0.1) is 0 Å². The molecule has 2 bridgehead atoms. The van der Waals surface area contributed by atoms with E-state index in [1.807, 2.05) is 36.4 Å². The van der Waals surface area contributed by atoms with E-state index in [2.05, 4.69) is 9.80 Å². The monoisotopic (exact) mass is 394 g/mol. The largest absolute Gasteiger partial charge is 0.459 e. The fourth-order valence-corrected chi connectivity index (χ4v) is 6.09. The maximum absolute atomic E-state index is 12.5. The standard InChI is InChI=1S/C24H30N2O3/c27-23-8-4-7-21-18-13-19(16-26(21)23)22-14-20(11-12-25(22)15-18)29-24(28)10-9-17-5-2-1-3-6-17/h1-3,5-6,9-10,18-22H,4,7-8,11-16H2/b10-9-/t18?,19?,20-,21?,22?/m0/s1. The lowest BCUT2D eigenvalue weighted by Crippen LogP contribution is -2.65. The van der Waals surface area contributed by atoms with Gasteiger partial charge in [0.05, 0.1) is 0 Å².